The van der Waals surface area contributed by atoms with Gasteiger partial charge in [-0.3, -0.25) is 0 Å². The number of carbonyl (C=O) groups is 1. The van der Waals surface area contributed by atoms with Gasteiger partial charge in [0.1, 0.15) is 5.75 Å². The van der Waals surface area contributed by atoms with Gasteiger partial charge in [-0.25, -0.2) is 4.79 Å². The number of ether oxygens (including phenoxy) is 2. The van der Waals surface area contributed by atoms with Gasteiger partial charge in [-0.05, 0) is 22.4 Å². The molecule has 1 atom stereocenters. The second-order valence-corrected chi connectivity index (χ2v) is 4.99. The first-order valence-electron chi connectivity index (χ1n) is 5.97. The smallest absolute Gasteiger partial charge is 0.409 e. The monoisotopic (exact) mass is 275 g/mol. The molecule has 1 amide bonds. The van der Waals surface area contributed by atoms with Crippen molar-refractivity contribution in [3.8, 4) is 16.9 Å². The number of benzene rings is 1. The third kappa shape index (κ3) is 2.29. The minimum Gasteiger partial charge on any atom is -0.453 e. The molecule has 0 fully saturated rings. The molecule has 3 rings (SSSR count). The molecule has 0 aliphatic carbocycles. The second kappa shape index (κ2) is 4.93. The van der Waals surface area contributed by atoms with E-state index >= 15 is 0 Å². The molecule has 0 saturated heterocycles. The number of amides is 1. The predicted molar refractivity (Wildman–Crippen MR) is 73.4 cm³/mol. The zero-order valence-corrected chi connectivity index (χ0v) is 11.2. The van der Waals surface area contributed by atoms with E-state index in [1.165, 1.54) is 7.05 Å². The fraction of sp³-hybridized carbons (Fsp3) is 0.214. The number of hydrogen-bond donors (Lipinski definition) is 1. The summed E-state index contributed by atoms with van der Waals surface area (Å²) in [7, 11) is 1.53. The highest BCUT2D eigenvalue weighted by molar-refractivity contribution is 7.08. The summed E-state index contributed by atoms with van der Waals surface area (Å²) in [5.74, 6) is 0.815. The second-order valence-electron chi connectivity index (χ2n) is 4.21. The number of carbonyl (C=O) groups excluding carboxylic acids is 1. The molecule has 1 aromatic heterocycles. The quantitative estimate of drug-likeness (QED) is 0.916. The molecule has 0 bridgehead atoms. The molecule has 2 aromatic rings. The molecule has 1 aliphatic heterocycles. The Labute approximate surface area is 115 Å². The Kier molecular flexibility index (Phi) is 3.13. The van der Waals surface area contributed by atoms with Crippen LogP contribution in [0.1, 0.15) is 5.56 Å². The van der Waals surface area contributed by atoms with Gasteiger partial charge in [0.2, 0.25) is 6.29 Å². The van der Waals surface area contributed by atoms with Gasteiger partial charge in [0.05, 0.1) is 6.42 Å². The Morgan fingerprint density at radius 2 is 2.37 bits per heavy atom. The van der Waals surface area contributed by atoms with Crippen molar-refractivity contribution < 1.29 is 14.3 Å². The highest BCUT2D eigenvalue weighted by Crippen LogP contribution is 2.39. The molecule has 1 unspecified atom stereocenters. The number of thiophene rings is 1. The van der Waals surface area contributed by atoms with Crippen LogP contribution in [0.3, 0.4) is 0 Å². The summed E-state index contributed by atoms with van der Waals surface area (Å²) in [5.41, 5.74) is 3.24. The highest BCUT2D eigenvalue weighted by Gasteiger charge is 2.28. The van der Waals surface area contributed by atoms with Crippen LogP contribution in [0, 0.1) is 0 Å². The number of fused-ring (bicyclic) bond motifs is 1. The van der Waals surface area contributed by atoms with Crippen molar-refractivity contribution in [2.24, 2.45) is 0 Å². The molecule has 0 radical (unpaired) electrons. The summed E-state index contributed by atoms with van der Waals surface area (Å²) in [6, 6.07) is 8.07. The fourth-order valence-corrected chi connectivity index (χ4v) is 2.78. The molecule has 5 heteroatoms. The van der Waals surface area contributed by atoms with Gasteiger partial charge in [0.15, 0.2) is 0 Å². The van der Waals surface area contributed by atoms with Crippen molar-refractivity contribution in [1.29, 1.82) is 0 Å². The zero-order valence-electron chi connectivity index (χ0n) is 10.4. The third-order valence-electron chi connectivity index (χ3n) is 3.01. The van der Waals surface area contributed by atoms with Crippen LogP contribution in [-0.4, -0.2) is 19.4 Å². The summed E-state index contributed by atoms with van der Waals surface area (Å²) in [6.07, 6.45) is -0.439. The number of nitrogens with one attached hydrogen (secondary N) is 1. The molecular formula is C14H13NO3S. The summed E-state index contributed by atoms with van der Waals surface area (Å²) in [5, 5.41) is 6.53. The maximum atomic E-state index is 11.2. The first-order valence-corrected chi connectivity index (χ1v) is 6.91. The minimum atomic E-state index is -0.547. The van der Waals surface area contributed by atoms with Crippen LogP contribution in [0.5, 0.6) is 5.75 Å². The van der Waals surface area contributed by atoms with E-state index < -0.39 is 12.4 Å². The van der Waals surface area contributed by atoms with Crippen molar-refractivity contribution >= 4 is 17.4 Å². The van der Waals surface area contributed by atoms with Crippen LogP contribution in [0.15, 0.2) is 35.0 Å². The van der Waals surface area contributed by atoms with Crippen molar-refractivity contribution in [3.05, 3.63) is 40.6 Å². The van der Waals surface area contributed by atoms with Crippen LogP contribution in [0.2, 0.25) is 0 Å². The molecule has 1 aromatic carbocycles. The van der Waals surface area contributed by atoms with E-state index in [0.29, 0.717) is 6.42 Å². The summed E-state index contributed by atoms with van der Waals surface area (Å²) in [4.78, 5) is 11.2. The maximum absolute atomic E-state index is 11.2. The van der Waals surface area contributed by atoms with Gasteiger partial charge < -0.3 is 14.8 Å². The Hall–Kier alpha value is -2.01. The van der Waals surface area contributed by atoms with Gasteiger partial charge in [-0.1, -0.05) is 18.2 Å². The van der Waals surface area contributed by atoms with Gasteiger partial charge in [0, 0.05) is 18.2 Å². The van der Waals surface area contributed by atoms with Crippen LogP contribution < -0.4 is 10.1 Å². The summed E-state index contributed by atoms with van der Waals surface area (Å²) >= 11 is 1.64. The molecule has 4 nitrogen and oxygen atoms in total. The van der Waals surface area contributed by atoms with E-state index in [-0.39, 0.29) is 0 Å². The largest absolute Gasteiger partial charge is 0.453 e. The summed E-state index contributed by atoms with van der Waals surface area (Å²) < 4.78 is 10.9. The van der Waals surface area contributed by atoms with Crippen molar-refractivity contribution in [2.45, 2.75) is 12.7 Å². The van der Waals surface area contributed by atoms with E-state index in [0.717, 1.165) is 22.4 Å². The molecule has 0 saturated carbocycles. The summed E-state index contributed by atoms with van der Waals surface area (Å²) in [6.45, 7) is 0. The SMILES string of the molecule is CNC(=O)OC1Cc2cccc(-c3ccsc3)c2O1. The van der Waals surface area contributed by atoms with Crippen LogP contribution in [-0.2, 0) is 11.2 Å². The van der Waals surface area contributed by atoms with E-state index in [9.17, 15) is 4.79 Å². The molecular weight excluding hydrogens is 262 g/mol. The van der Waals surface area contributed by atoms with Crippen LogP contribution in [0.25, 0.3) is 11.1 Å². The van der Waals surface area contributed by atoms with Crippen molar-refractivity contribution in [2.75, 3.05) is 7.05 Å². The van der Waals surface area contributed by atoms with Crippen molar-refractivity contribution in [1.82, 2.24) is 5.32 Å². The number of alkyl carbamates (subject to hydrolysis) is 1. The van der Waals surface area contributed by atoms with Crippen molar-refractivity contribution in [3.63, 3.8) is 0 Å². The lowest BCUT2D eigenvalue weighted by Crippen LogP contribution is -2.28. The molecule has 1 N–H and O–H groups in total. The van der Waals surface area contributed by atoms with Gasteiger partial charge >= 0.3 is 6.09 Å². The number of para-hydroxylation sites is 1. The van der Waals surface area contributed by atoms with E-state index in [1.807, 2.05) is 23.6 Å². The topological polar surface area (TPSA) is 47.6 Å². The lowest BCUT2D eigenvalue weighted by Gasteiger charge is -2.12. The number of hydrogen-bond acceptors (Lipinski definition) is 4. The lowest BCUT2D eigenvalue weighted by molar-refractivity contribution is -0.0153. The van der Waals surface area contributed by atoms with Gasteiger partial charge in [0.25, 0.3) is 0 Å². The zero-order chi connectivity index (χ0) is 13.2. The molecule has 98 valence electrons. The minimum absolute atomic E-state index is 0.477. The molecule has 19 heavy (non-hydrogen) atoms. The normalized spacial score (nSPS) is 16.6. The third-order valence-corrected chi connectivity index (χ3v) is 3.69. The van der Waals surface area contributed by atoms with Gasteiger partial charge in [-0.15, -0.1) is 0 Å². The first kappa shape index (κ1) is 12.0. The maximum Gasteiger partial charge on any atom is 0.409 e. The Morgan fingerprint density at radius 3 is 3.11 bits per heavy atom. The predicted octanol–water partition coefficient (Wildman–Crippen LogP) is 3.03. The van der Waals surface area contributed by atoms with Crippen LogP contribution >= 0.6 is 11.3 Å². The Morgan fingerprint density at radius 1 is 1.47 bits per heavy atom. The van der Waals surface area contributed by atoms with E-state index in [2.05, 4.69) is 16.8 Å². The fourth-order valence-electron chi connectivity index (χ4n) is 2.13. The van der Waals surface area contributed by atoms with Crippen LogP contribution in [0.4, 0.5) is 4.79 Å². The van der Waals surface area contributed by atoms with E-state index in [4.69, 9.17) is 9.47 Å². The van der Waals surface area contributed by atoms with E-state index in [1.54, 1.807) is 11.3 Å². The highest BCUT2D eigenvalue weighted by atomic mass is 32.1. The average Bonchev–Trinajstić information content (AvgIpc) is 3.06. The Bertz CT molecular complexity index is 595. The lowest BCUT2D eigenvalue weighted by atomic mass is 10.0. The standard InChI is InChI=1S/C14H13NO3S/c1-15-14(16)18-12-7-9-3-2-4-11(13(9)17-12)10-5-6-19-8-10/h2-6,8,12H,7H2,1H3,(H,15,16). The van der Waals surface area contributed by atoms with Gasteiger partial charge in [-0.2, -0.15) is 11.3 Å². The number of rotatable bonds is 2. The molecule has 1 aliphatic rings. The first-order chi connectivity index (χ1) is 9.28. The molecule has 2 heterocycles. The average molecular weight is 275 g/mol. The molecule has 0 spiro atoms. The Balaban J connectivity index is 1.87.